The number of hydrogen-bond donors (Lipinski definition) is 3. The minimum atomic E-state index is -0.754. The van der Waals surface area contributed by atoms with Gasteiger partial charge in [0.05, 0.1) is 6.61 Å². The first kappa shape index (κ1) is 8.29. The molecule has 5 nitrogen and oxygen atoms in total. The van der Waals surface area contributed by atoms with Crippen LogP contribution in [-0.2, 0) is 4.74 Å². The van der Waals surface area contributed by atoms with Crippen LogP contribution in [0, 0.1) is 0 Å². The first-order valence-electron chi connectivity index (χ1n) is 3.52. The molecule has 2 atom stereocenters. The van der Waals surface area contributed by atoms with E-state index >= 15 is 0 Å². The minimum absolute atomic E-state index is 0.0411. The van der Waals surface area contributed by atoms with E-state index in [1.165, 1.54) is 0 Å². The van der Waals surface area contributed by atoms with Crippen LogP contribution in [0.4, 0.5) is 4.79 Å². The summed E-state index contributed by atoms with van der Waals surface area (Å²) in [6.45, 7) is 0.646. The minimum Gasteiger partial charge on any atom is -0.445 e. The molecule has 1 saturated heterocycles. The van der Waals surface area contributed by atoms with Crippen LogP contribution in [0.1, 0.15) is 6.42 Å². The van der Waals surface area contributed by atoms with Crippen LogP contribution in [0.15, 0.2) is 0 Å². The Bertz CT molecular complexity index is 151. The lowest BCUT2D eigenvalue weighted by Gasteiger charge is -2.07. The fourth-order valence-corrected chi connectivity index (χ4v) is 1.18. The highest BCUT2D eigenvalue weighted by atomic mass is 16.6. The van der Waals surface area contributed by atoms with Crippen LogP contribution in [0.25, 0.3) is 0 Å². The van der Waals surface area contributed by atoms with E-state index in [9.17, 15) is 4.79 Å². The van der Waals surface area contributed by atoms with Crippen LogP contribution in [-0.4, -0.2) is 36.5 Å². The van der Waals surface area contributed by atoms with Gasteiger partial charge < -0.3 is 20.9 Å². The van der Waals surface area contributed by atoms with Crippen LogP contribution >= 0.6 is 0 Å². The van der Waals surface area contributed by atoms with Gasteiger partial charge in [-0.25, -0.2) is 4.79 Å². The molecule has 11 heavy (non-hydrogen) atoms. The van der Waals surface area contributed by atoms with Crippen molar-refractivity contribution in [2.45, 2.75) is 18.6 Å². The summed E-state index contributed by atoms with van der Waals surface area (Å²) in [5, 5.41) is 11.7. The van der Waals surface area contributed by atoms with Gasteiger partial charge in [-0.2, -0.15) is 0 Å². The molecule has 0 aliphatic carbocycles. The summed E-state index contributed by atoms with van der Waals surface area (Å²) in [5.74, 6) is 0. The van der Waals surface area contributed by atoms with E-state index in [4.69, 9.17) is 15.6 Å². The van der Waals surface area contributed by atoms with Crippen molar-refractivity contribution in [1.29, 1.82) is 0 Å². The highest BCUT2D eigenvalue weighted by Crippen LogP contribution is 2.09. The third-order valence-corrected chi connectivity index (χ3v) is 1.68. The van der Waals surface area contributed by atoms with Crippen LogP contribution in [0.5, 0.6) is 0 Å². The first-order chi connectivity index (χ1) is 5.22. The number of primary amides is 1. The zero-order valence-electron chi connectivity index (χ0n) is 6.12. The summed E-state index contributed by atoms with van der Waals surface area (Å²) in [5.41, 5.74) is 4.81. The van der Waals surface area contributed by atoms with E-state index in [1.54, 1.807) is 0 Å². The van der Waals surface area contributed by atoms with Crippen molar-refractivity contribution in [1.82, 2.24) is 5.32 Å². The van der Waals surface area contributed by atoms with Gasteiger partial charge in [0, 0.05) is 19.0 Å². The van der Waals surface area contributed by atoms with Crippen molar-refractivity contribution in [2.24, 2.45) is 5.73 Å². The number of rotatable bonds is 2. The Morgan fingerprint density at radius 3 is 3.00 bits per heavy atom. The Morgan fingerprint density at radius 1 is 1.82 bits per heavy atom. The smallest absolute Gasteiger partial charge is 0.404 e. The highest BCUT2D eigenvalue weighted by molar-refractivity contribution is 5.64. The maximum absolute atomic E-state index is 10.3. The molecule has 0 aromatic rings. The van der Waals surface area contributed by atoms with E-state index in [1.807, 2.05) is 0 Å². The molecule has 1 unspecified atom stereocenters. The Labute approximate surface area is 64.5 Å². The molecule has 5 heteroatoms. The second-order valence-electron chi connectivity index (χ2n) is 2.58. The standard InChI is InChI=1S/C6H12N2O3/c7-6(10)11-5-1-4(3-9)8-2-5/h4-5,8-9H,1-3H2,(H2,7,10)/t4-,5?/m0/s1. The summed E-state index contributed by atoms with van der Waals surface area (Å²) in [4.78, 5) is 10.3. The second kappa shape index (κ2) is 3.54. The van der Waals surface area contributed by atoms with E-state index in [0.29, 0.717) is 13.0 Å². The molecule has 1 fully saturated rings. The molecule has 0 aromatic carbocycles. The maximum atomic E-state index is 10.3. The van der Waals surface area contributed by atoms with Crippen molar-refractivity contribution in [3.05, 3.63) is 0 Å². The van der Waals surface area contributed by atoms with Gasteiger partial charge in [0.2, 0.25) is 0 Å². The number of hydrogen-bond acceptors (Lipinski definition) is 4. The monoisotopic (exact) mass is 160 g/mol. The van der Waals surface area contributed by atoms with Gasteiger partial charge in [-0.3, -0.25) is 0 Å². The lowest BCUT2D eigenvalue weighted by molar-refractivity contribution is 0.113. The van der Waals surface area contributed by atoms with E-state index in [0.717, 1.165) is 0 Å². The average Bonchev–Trinajstić information content (AvgIpc) is 2.34. The number of aliphatic hydroxyl groups is 1. The fourth-order valence-electron chi connectivity index (χ4n) is 1.18. The number of nitrogens with one attached hydrogen (secondary N) is 1. The van der Waals surface area contributed by atoms with E-state index in [2.05, 4.69) is 5.32 Å². The highest BCUT2D eigenvalue weighted by Gasteiger charge is 2.25. The Balaban J connectivity index is 2.24. The fraction of sp³-hybridized carbons (Fsp3) is 0.833. The van der Waals surface area contributed by atoms with Crippen molar-refractivity contribution >= 4 is 6.09 Å². The lowest BCUT2D eigenvalue weighted by Crippen LogP contribution is -2.25. The van der Waals surface area contributed by atoms with Gasteiger partial charge in [-0.05, 0) is 0 Å². The molecule has 0 saturated carbocycles. The predicted molar refractivity (Wildman–Crippen MR) is 37.9 cm³/mol. The quantitative estimate of drug-likeness (QED) is 0.474. The average molecular weight is 160 g/mol. The topological polar surface area (TPSA) is 84.6 Å². The third-order valence-electron chi connectivity index (χ3n) is 1.68. The first-order valence-corrected chi connectivity index (χ1v) is 3.52. The third kappa shape index (κ3) is 2.36. The van der Waals surface area contributed by atoms with Gasteiger partial charge in [-0.1, -0.05) is 0 Å². The normalized spacial score (nSPS) is 30.3. The number of ether oxygens (including phenoxy) is 1. The number of nitrogens with two attached hydrogens (primary N) is 1. The molecule has 1 amide bonds. The summed E-state index contributed by atoms with van der Waals surface area (Å²) in [6.07, 6.45) is -0.292. The molecule has 4 N–H and O–H groups in total. The molecular weight excluding hydrogens is 148 g/mol. The van der Waals surface area contributed by atoms with Gasteiger partial charge in [-0.15, -0.1) is 0 Å². The SMILES string of the molecule is NC(=O)OC1CN[C@H](CO)C1. The molecule has 1 aliphatic rings. The second-order valence-corrected chi connectivity index (χ2v) is 2.58. The molecule has 1 heterocycles. The summed E-state index contributed by atoms with van der Waals surface area (Å²) in [6, 6.07) is 0.0411. The van der Waals surface area contributed by atoms with Crippen LogP contribution in [0.3, 0.4) is 0 Å². The molecule has 1 aliphatic heterocycles. The number of aliphatic hydroxyl groups excluding tert-OH is 1. The zero-order chi connectivity index (χ0) is 8.27. The molecule has 0 spiro atoms. The molecule has 0 aromatic heterocycles. The van der Waals surface area contributed by atoms with Crippen LogP contribution < -0.4 is 11.1 Å². The molecule has 64 valence electrons. The van der Waals surface area contributed by atoms with Gasteiger partial charge >= 0.3 is 6.09 Å². The lowest BCUT2D eigenvalue weighted by atomic mass is 10.2. The molecule has 1 rings (SSSR count). The van der Waals surface area contributed by atoms with E-state index in [-0.39, 0.29) is 18.8 Å². The molecule has 0 bridgehead atoms. The summed E-state index contributed by atoms with van der Waals surface area (Å²) >= 11 is 0. The number of carbonyl (C=O) groups excluding carboxylic acids is 1. The summed E-state index contributed by atoms with van der Waals surface area (Å²) < 4.78 is 4.71. The Hall–Kier alpha value is -0.810. The number of carbonyl (C=O) groups is 1. The van der Waals surface area contributed by atoms with Gasteiger partial charge in [0.15, 0.2) is 0 Å². The molecule has 0 radical (unpaired) electrons. The van der Waals surface area contributed by atoms with Crippen molar-refractivity contribution in [2.75, 3.05) is 13.2 Å². The van der Waals surface area contributed by atoms with Crippen molar-refractivity contribution < 1.29 is 14.6 Å². The Morgan fingerprint density at radius 2 is 2.55 bits per heavy atom. The Kier molecular flexibility index (Phi) is 2.67. The van der Waals surface area contributed by atoms with Crippen molar-refractivity contribution in [3.63, 3.8) is 0 Å². The van der Waals surface area contributed by atoms with Gasteiger partial charge in [0.25, 0.3) is 0 Å². The maximum Gasteiger partial charge on any atom is 0.404 e. The number of amides is 1. The molecular formula is C6H12N2O3. The zero-order valence-corrected chi connectivity index (χ0v) is 6.12. The largest absolute Gasteiger partial charge is 0.445 e. The summed E-state index contributed by atoms with van der Waals surface area (Å²) in [7, 11) is 0. The van der Waals surface area contributed by atoms with Crippen molar-refractivity contribution in [3.8, 4) is 0 Å². The van der Waals surface area contributed by atoms with Crippen LogP contribution in [0.2, 0.25) is 0 Å². The van der Waals surface area contributed by atoms with E-state index < -0.39 is 6.09 Å². The van der Waals surface area contributed by atoms with Gasteiger partial charge in [0.1, 0.15) is 6.10 Å². The predicted octanol–water partition coefficient (Wildman–Crippen LogP) is -1.20.